The molecule has 4 rings (SSSR count). The molecule has 1 atom stereocenters. The van der Waals surface area contributed by atoms with Crippen molar-refractivity contribution in [3.63, 3.8) is 0 Å². The molecule has 2 fully saturated rings. The first kappa shape index (κ1) is 18.6. The van der Waals surface area contributed by atoms with Crippen molar-refractivity contribution in [2.24, 2.45) is 18.7 Å². The normalized spacial score (nSPS) is 23.7. The van der Waals surface area contributed by atoms with E-state index in [1.807, 2.05) is 0 Å². The Kier molecular flexibility index (Phi) is 4.64. The Morgan fingerprint density at radius 3 is 2.74 bits per heavy atom. The van der Waals surface area contributed by atoms with Crippen molar-refractivity contribution >= 4 is 10.0 Å². The molecule has 1 aliphatic carbocycles. The number of nitrogens with two attached hydrogens (primary N) is 1. The highest BCUT2D eigenvalue weighted by Gasteiger charge is 2.36. The van der Waals surface area contributed by atoms with Gasteiger partial charge in [0.2, 0.25) is 10.0 Å². The van der Waals surface area contributed by atoms with Crippen LogP contribution in [0.1, 0.15) is 51.3 Å². The first-order valence-corrected chi connectivity index (χ1v) is 11.0. The van der Waals surface area contributed by atoms with Crippen LogP contribution in [-0.2, 0) is 22.6 Å². The summed E-state index contributed by atoms with van der Waals surface area (Å²) < 4.78 is 34.8. The van der Waals surface area contributed by atoms with Gasteiger partial charge in [0.15, 0.2) is 5.82 Å². The third kappa shape index (κ3) is 3.32. The zero-order chi connectivity index (χ0) is 19.2. The summed E-state index contributed by atoms with van der Waals surface area (Å²) in [5.74, 6) is 1.19. The van der Waals surface area contributed by atoms with E-state index in [2.05, 4.69) is 17.1 Å². The van der Waals surface area contributed by atoms with Crippen molar-refractivity contribution in [3.05, 3.63) is 18.1 Å². The highest BCUT2D eigenvalue weighted by atomic mass is 32.2. The number of aromatic nitrogens is 3. The smallest absolute Gasteiger partial charge is 0.274 e. The SMILES string of the molecule is CC1CCCN(S(=O)(=O)c2cc(-c3nc(C4(N)CCCC4)no3)n(C)c2)C1. The van der Waals surface area contributed by atoms with Gasteiger partial charge in [-0.05, 0) is 37.7 Å². The van der Waals surface area contributed by atoms with E-state index in [-0.39, 0.29) is 4.90 Å². The fourth-order valence-corrected chi connectivity index (χ4v) is 5.83. The van der Waals surface area contributed by atoms with Crippen LogP contribution < -0.4 is 5.73 Å². The summed E-state index contributed by atoms with van der Waals surface area (Å²) >= 11 is 0. The summed E-state index contributed by atoms with van der Waals surface area (Å²) in [6.07, 6.45) is 7.37. The van der Waals surface area contributed by atoms with E-state index >= 15 is 0 Å². The number of hydrogen-bond donors (Lipinski definition) is 1. The summed E-state index contributed by atoms with van der Waals surface area (Å²) in [7, 11) is -1.75. The highest BCUT2D eigenvalue weighted by Crippen LogP contribution is 2.36. The standard InChI is InChI=1S/C18H27N5O3S/c1-13-6-5-9-23(11-13)27(24,25)14-10-15(22(2)12-14)16-20-17(21-26-16)18(19)7-3-4-8-18/h10,12-13H,3-9,11,19H2,1-2H3. The van der Waals surface area contributed by atoms with Crippen LogP contribution in [0.3, 0.4) is 0 Å². The maximum atomic E-state index is 13.0. The summed E-state index contributed by atoms with van der Waals surface area (Å²) in [6.45, 7) is 3.22. The predicted octanol–water partition coefficient (Wildman–Crippen LogP) is 2.22. The van der Waals surface area contributed by atoms with Gasteiger partial charge in [-0.25, -0.2) is 8.42 Å². The van der Waals surface area contributed by atoms with Crippen molar-refractivity contribution < 1.29 is 12.9 Å². The lowest BCUT2D eigenvalue weighted by molar-refractivity contribution is 0.281. The summed E-state index contributed by atoms with van der Waals surface area (Å²) in [4.78, 5) is 4.74. The summed E-state index contributed by atoms with van der Waals surface area (Å²) in [6, 6.07) is 1.61. The average Bonchev–Trinajstić information content (AvgIpc) is 3.34. The van der Waals surface area contributed by atoms with Crippen LogP contribution in [0.2, 0.25) is 0 Å². The second-order valence-electron chi connectivity index (χ2n) is 8.07. The van der Waals surface area contributed by atoms with Gasteiger partial charge in [-0.1, -0.05) is 24.9 Å². The van der Waals surface area contributed by atoms with Crippen LogP contribution in [0.15, 0.2) is 21.7 Å². The highest BCUT2D eigenvalue weighted by molar-refractivity contribution is 7.89. The summed E-state index contributed by atoms with van der Waals surface area (Å²) in [5, 5.41) is 4.07. The Morgan fingerprint density at radius 1 is 1.30 bits per heavy atom. The molecule has 1 saturated heterocycles. The predicted molar refractivity (Wildman–Crippen MR) is 100 cm³/mol. The minimum Gasteiger partial charge on any atom is -0.345 e. The van der Waals surface area contributed by atoms with E-state index in [1.165, 1.54) is 0 Å². The van der Waals surface area contributed by atoms with Crippen LogP contribution in [0.5, 0.6) is 0 Å². The Labute approximate surface area is 159 Å². The largest absolute Gasteiger partial charge is 0.345 e. The van der Waals surface area contributed by atoms with Crippen LogP contribution in [0, 0.1) is 5.92 Å². The molecule has 1 unspecified atom stereocenters. The molecule has 8 nitrogen and oxygen atoms in total. The van der Waals surface area contributed by atoms with E-state index < -0.39 is 15.6 Å². The molecule has 1 saturated carbocycles. The zero-order valence-corrected chi connectivity index (χ0v) is 16.7. The van der Waals surface area contributed by atoms with E-state index in [4.69, 9.17) is 10.3 Å². The number of piperidine rings is 1. The minimum atomic E-state index is -3.53. The first-order valence-electron chi connectivity index (χ1n) is 9.59. The Morgan fingerprint density at radius 2 is 2.04 bits per heavy atom. The van der Waals surface area contributed by atoms with Crippen LogP contribution in [0.25, 0.3) is 11.6 Å². The van der Waals surface area contributed by atoms with Gasteiger partial charge in [0.05, 0.1) is 5.54 Å². The molecule has 0 aromatic carbocycles. The average molecular weight is 394 g/mol. The third-order valence-corrected chi connectivity index (χ3v) is 7.65. The van der Waals surface area contributed by atoms with Crippen molar-refractivity contribution in [1.29, 1.82) is 0 Å². The van der Waals surface area contributed by atoms with Gasteiger partial charge in [0, 0.05) is 26.3 Å². The number of sulfonamides is 1. The van der Waals surface area contributed by atoms with E-state index in [0.29, 0.717) is 36.4 Å². The lowest BCUT2D eigenvalue weighted by atomic mass is 9.99. The quantitative estimate of drug-likeness (QED) is 0.853. The maximum absolute atomic E-state index is 13.0. The Bertz CT molecular complexity index is 927. The van der Waals surface area contributed by atoms with Gasteiger partial charge < -0.3 is 14.8 Å². The molecule has 9 heteroatoms. The molecular weight excluding hydrogens is 366 g/mol. The van der Waals surface area contributed by atoms with Crippen LogP contribution in [0.4, 0.5) is 0 Å². The van der Waals surface area contributed by atoms with Crippen LogP contribution >= 0.6 is 0 Å². The van der Waals surface area contributed by atoms with Gasteiger partial charge in [0.25, 0.3) is 5.89 Å². The van der Waals surface area contributed by atoms with Crippen molar-refractivity contribution in [1.82, 2.24) is 19.0 Å². The fraction of sp³-hybridized carbons (Fsp3) is 0.667. The van der Waals surface area contributed by atoms with E-state index in [0.717, 1.165) is 38.5 Å². The van der Waals surface area contributed by atoms with Crippen molar-refractivity contribution in [2.45, 2.75) is 55.9 Å². The van der Waals surface area contributed by atoms with Gasteiger partial charge in [-0.3, -0.25) is 0 Å². The first-order chi connectivity index (χ1) is 12.8. The lowest BCUT2D eigenvalue weighted by Crippen LogP contribution is -2.38. The molecule has 1 aliphatic heterocycles. The molecule has 2 aromatic heterocycles. The fourth-order valence-electron chi connectivity index (χ4n) is 4.16. The molecule has 0 bridgehead atoms. The molecule has 27 heavy (non-hydrogen) atoms. The maximum Gasteiger partial charge on any atom is 0.274 e. The molecule has 2 N–H and O–H groups in total. The molecular formula is C18H27N5O3S. The lowest BCUT2D eigenvalue weighted by Gasteiger charge is -2.29. The van der Waals surface area contributed by atoms with Gasteiger partial charge in [0.1, 0.15) is 10.6 Å². The molecule has 2 aliphatic rings. The zero-order valence-electron chi connectivity index (χ0n) is 15.9. The van der Waals surface area contributed by atoms with Gasteiger partial charge >= 0.3 is 0 Å². The molecule has 0 amide bonds. The third-order valence-electron chi connectivity index (χ3n) is 5.82. The molecule has 2 aromatic rings. The monoisotopic (exact) mass is 393 g/mol. The number of rotatable bonds is 4. The second-order valence-corrected chi connectivity index (χ2v) is 10.0. The van der Waals surface area contributed by atoms with E-state index in [9.17, 15) is 8.42 Å². The number of hydrogen-bond acceptors (Lipinski definition) is 6. The van der Waals surface area contributed by atoms with Crippen molar-refractivity contribution in [2.75, 3.05) is 13.1 Å². The molecule has 0 radical (unpaired) electrons. The molecule has 148 valence electrons. The van der Waals surface area contributed by atoms with Gasteiger partial charge in [-0.15, -0.1) is 0 Å². The Balaban J connectivity index is 1.63. The topological polar surface area (TPSA) is 107 Å². The van der Waals surface area contributed by atoms with E-state index in [1.54, 1.807) is 28.2 Å². The minimum absolute atomic E-state index is 0.261. The second kappa shape index (κ2) is 6.72. The Hall–Kier alpha value is -1.71. The number of aryl methyl sites for hydroxylation is 1. The van der Waals surface area contributed by atoms with Crippen molar-refractivity contribution in [3.8, 4) is 11.6 Å². The molecule has 3 heterocycles. The van der Waals surface area contributed by atoms with Crippen LogP contribution in [-0.4, -0.2) is 40.5 Å². The summed E-state index contributed by atoms with van der Waals surface area (Å²) in [5.41, 5.74) is 6.45. The van der Waals surface area contributed by atoms with Gasteiger partial charge in [-0.2, -0.15) is 9.29 Å². The molecule has 0 spiro atoms. The number of nitrogens with zero attached hydrogens (tertiary/aromatic N) is 4.